The minimum Gasteiger partial charge on any atom is -0.488 e. The average Bonchev–Trinajstić information content (AvgIpc) is 3.23. The molecule has 5 rings (SSSR count). The van der Waals surface area contributed by atoms with Gasteiger partial charge in [0.2, 0.25) is 0 Å². The molecule has 6 nitrogen and oxygen atoms in total. The van der Waals surface area contributed by atoms with Crippen molar-refractivity contribution in [1.29, 1.82) is 0 Å². The van der Waals surface area contributed by atoms with Crippen molar-refractivity contribution < 1.29 is 14.3 Å². The van der Waals surface area contributed by atoms with Gasteiger partial charge in [-0.05, 0) is 67.4 Å². The summed E-state index contributed by atoms with van der Waals surface area (Å²) in [7, 11) is 0. The number of carbonyl (C=O) groups excluding carboxylic acids is 1. The zero-order chi connectivity index (χ0) is 28.4. The van der Waals surface area contributed by atoms with Gasteiger partial charge < -0.3 is 9.47 Å². The van der Waals surface area contributed by atoms with Gasteiger partial charge in [-0.1, -0.05) is 80.8 Å². The lowest BCUT2D eigenvalue weighted by molar-refractivity contribution is -0.139. The number of allylic oxidation sites excluding steroid dienone is 1. The van der Waals surface area contributed by atoms with Crippen LogP contribution in [0.3, 0.4) is 0 Å². The number of hydrogen-bond acceptors (Lipinski definition) is 6. The third-order valence-corrected chi connectivity index (χ3v) is 8.37. The highest BCUT2D eigenvalue weighted by atomic mass is 79.9. The van der Waals surface area contributed by atoms with E-state index in [9.17, 15) is 9.59 Å². The van der Waals surface area contributed by atoms with E-state index in [2.05, 4.69) is 20.9 Å². The van der Waals surface area contributed by atoms with Crippen molar-refractivity contribution in [2.45, 2.75) is 26.5 Å². The number of aromatic nitrogens is 1. The Morgan fingerprint density at radius 1 is 1.12 bits per heavy atom. The monoisotopic (exact) mass is 656 g/mol. The standard InChI is InChI=1S/C30H23BrCl2N2O4S/c1-3-38-29(37)26-17(2)34-30-35(27(26)22-6-4-5-7-23(22)33)28(36)25(40-30)15-19-14-21(32)12-13-24(19)39-16-18-8-10-20(31)11-9-18/h4-15,27H,3,16H2,1-2H3/b25-15-/t27-/m1/s1. The Bertz CT molecular complexity index is 1810. The van der Waals surface area contributed by atoms with Gasteiger partial charge in [-0.2, -0.15) is 0 Å². The number of halogens is 3. The molecule has 1 atom stereocenters. The molecule has 0 amide bonds. The fourth-order valence-corrected chi connectivity index (χ4v) is 6.15. The van der Waals surface area contributed by atoms with Gasteiger partial charge in [0.25, 0.3) is 5.56 Å². The second kappa shape index (κ2) is 12.1. The molecule has 0 radical (unpaired) electrons. The maximum absolute atomic E-state index is 13.9. The van der Waals surface area contributed by atoms with Crippen molar-refractivity contribution in [3.8, 4) is 5.75 Å². The summed E-state index contributed by atoms with van der Waals surface area (Å²) in [5.41, 5.74) is 2.67. The molecule has 0 saturated heterocycles. The van der Waals surface area contributed by atoms with Gasteiger partial charge in [-0.25, -0.2) is 9.79 Å². The molecule has 1 aliphatic heterocycles. The number of esters is 1. The molecule has 0 fully saturated rings. The molecule has 4 aromatic rings. The van der Waals surface area contributed by atoms with Crippen LogP contribution in [0, 0.1) is 0 Å². The summed E-state index contributed by atoms with van der Waals surface area (Å²) in [5, 5.41) is 0.932. The minimum atomic E-state index is -0.793. The van der Waals surface area contributed by atoms with Crippen LogP contribution in [0.15, 0.2) is 92.3 Å². The molecule has 0 aliphatic carbocycles. The molecular weight excluding hydrogens is 635 g/mol. The van der Waals surface area contributed by atoms with Crippen LogP contribution in [-0.2, 0) is 16.1 Å². The van der Waals surface area contributed by atoms with Crippen LogP contribution in [0.1, 0.15) is 36.6 Å². The van der Waals surface area contributed by atoms with Gasteiger partial charge in [0, 0.05) is 20.1 Å². The van der Waals surface area contributed by atoms with Crippen molar-refractivity contribution in [2.24, 2.45) is 4.99 Å². The summed E-state index contributed by atoms with van der Waals surface area (Å²) in [6.07, 6.45) is 1.74. The van der Waals surface area contributed by atoms with Crippen molar-refractivity contribution in [1.82, 2.24) is 4.57 Å². The van der Waals surface area contributed by atoms with Gasteiger partial charge >= 0.3 is 5.97 Å². The Kier molecular flexibility index (Phi) is 8.61. The van der Waals surface area contributed by atoms with Crippen LogP contribution in [0.4, 0.5) is 0 Å². The number of fused-ring (bicyclic) bond motifs is 1. The maximum Gasteiger partial charge on any atom is 0.338 e. The Morgan fingerprint density at radius 2 is 1.88 bits per heavy atom. The fraction of sp³-hybridized carbons (Fsp3) is 0.167. The van der Waals surface area contributed by atoms with Crippen LogP contribution in [0.5, 0.6) is 5.75 Å². The molecule has 204 valence electrons. The lowest BCUT2D eigenvalue weighted by Crippen LogP contribution is -2.40. The van der Waals surface area contributed by atoms with E-state index in [0.29, 0.717) is 48.6 Å². The zero-order valence-electron chi connectivity index (χ0n) is 21.5. The topological polar surface area (TPSA) is 69.9 Å². The molecular formula is C30H23BrCl2N2O4S. The summed E-state index contributed by atoms with van der Waals surface area (Å²) in [5.74, 6) is 0.0330. The highest BCUT2D eigenvalue weighted by Crippen LogP contribution is 2.34. The van der Waals surface area contributed by atoms with Gasteiger partial charge in [-0.15, -0.1) is 0 Å². The Labute approximate surface area is 252 Å². The van der Waals surface area contributed by atoms with Crippen LogP contribution in [-0.4, -0.2) is 17.1 Å². The third kappa shape index (κ3) is 5.81. The summed E-state index contributed by atoms with van der Waals surface area (Å²) < 4.78 is 14.3. The van der Waals surface area contributed by atoms with E-state index in [1.165, 1.54) is 15.9 Å². The SMILES string of the molecule is CCOC(=O)C1=C(C)N=c2s/c(=C\c3cc(Cl)ccc3OCc3ccc(Br)cc3)c(=O)n2[C@@H]1c1ccccc1Cl. The second-order valence-electron chi connectivity index (χ2n) is 8.92. The highest BCUT2D eigenvalue weighted by molar-refractivity contribution is 9.10. The molecule has 0 spiro atoms. The lowest BCUT2D eigenvalue weighted by atomic mass is 9.96. The highest BCUT2D eigenvalue weighted by Gasteiger charge is 2.34. The molecule has 0 N–H and O–H groups in total. The van der Waals surface area contributed by atoms with Crippen molar-refractivity contribution in [2.75, 3.05) is 6.61 Å². The van der Waals surface area contributed by atoms with Crippen LogP contribution in [0.25, 0.3) is 6.08 Å². The molecule has 10 heteroatoms. The van der Waals surface area contributed by atoms with Crippen LogP contribution >= 0.6 is 50.5 Å². The van der Waals surface area contributed by atoms with Crippen molar-refractivity contribution >= 4 is 62.5 Å². The molecule has 0 unspecified atom stereocenters. The summed E-state index contributed by atoms with van der Waals surface area (Å²) in [4.78, 5) is 32.1. The smallest absolute Gasteiger partial charge is 0.338 e. The molecule has 0 saturated carbocycles. The third-order valence-electron chi connectivity index (χ3n) is 6.28. The average molecular weight is 658 g/mol. The second-order valence-corrected chi connectivity index (χ2v) is 11.7. The largest absolute Gasteiger partial charge is 0.488 e. The number of benzene rings is 3. The van der Waals surface area contributed by atoms with E-state index >= 15 is 0 Å². The molecule has 2 heterocycles. The molecule has 0 bridgehead atoms. The fourth-order valence-electron chi connectivity index (χ4n) is 4.43. The maximum atomic E-state index is 13.9. The summed E-state index contributed by atoms with van der Waals surface area (Å²) >= 11 is 17.6. The first-order valence-corrected chi connectivity index (χ1v) is 14.7. The number of hydrogen-bond donors (Lipinski definition) is 0. The van der Waals surface area contributed by atoms with Gasteiger partial charge in [0.05, 0.1) is 22.4 Å². The predicted molar refractivity (Wildman–Crippen MR) is 162 cm³/mol. The molecule has 1 aromatic heterocycles. The Balaban J connectivity index is 1.63. The van der Waals surface area contributed by atoms with Crippen molar-refractivity contribution in [3.05, 3.63) is 129 Å². The van der Waals surface area contributed by atoms with Crippen LogP contribution < -0.4 is 19.6 Å². The first-order chi connectivity index (χ1) is 19.3. The Morgan fingerprint density at radius 3 is 2.60 bits per heavy atom. The van der Waals surface area contributed by atoms with Crippen LogP contribution in [0.2, 0.25) is 10.0 Å². The number of thiazole rings is 1. The quantitative estimate of drug-likeness (QED) is 0.214. The van der Waals surface area contributed by atoms with E-state index in [-0.39, 0.29) is 17.7 Å². The number of carbonyl (C=O) groups is 1. The summed E-state index contributed by atoms with van der Waals surface area (Å²) in [6.45, 7) is 3.99. The Hall–Kier alpha value is -3.17. The van der Waals surface area contributed by atoms with Crippen molar-refractivity contribution in [3.63, 3.8) is 0 Å². The number of rotatable bonds is 7. The first-order valence-electron chi connectivity index (χ1n) is 12.4. The van der Waals surface area contributed by atoms with Gasteiger partial charge in [0.1, 0.15) is 18.4 Å². The van der Waals surface area contributed by atoms with E-state index in [0.717, 1.165) is 10.0 Å². The molecule has 1 aliphatic rings. The lowest BCUT2D eigenvalue weighted by Gasteiger charge is -2.25. The summed E-state index contributed by atoms with van der Waals surface area (Å²) in [6, 6.07) is 19.4. The van der Waals surface area contributed by atoms with E-state index in [4.69, 9.17) is 32.7 Å². The zero-order valence-corrected chi connectivity index (χ0v) is 25.4. The normalized spacial score (nSPS) is 15.0. The number of ether oxygens (including phenoxy) is 2. The first kappa shape index (κ1) is 28.4. The van der Waals surface area contributed by atoms with Gasteiger partial charge in [0.15, 0.2) is 4.80 Å². The molecule has 3 aromatic carbocycles. The molecule has 40 heavy (non-hydrogen) atoms. The van der Waals surface area contributed by atoms with E-state index < -0.39 is 12.0 Å². The number of nitrogens with zero attached hydrogens (tertiary/aromatic N) is 2. The van der Waals surface area contributed by atoms with E-state index in [1.54, 1.807) is 56.3 Å². The minimum absolute atomic E-state index is 0.188. The van der Waals surface area contributed by atoms with E-state index in [1.807, 2.05) is 30.3 Å². The predicted octanol–water partition coefficient (Wildman–Crippen LogP) is 6.45. The van der Waals surface area contributed by atoms with Gasteiger partial charge in [-0.3, -0.25) is 9.36 Å².